The molecule has 0 spiro atoms. The molecule has 1 heterocycles. The monoisotopic (exact) mass is 446 g/mol. The van der Waals surface area contributed by atoms with Gasteiger partial charge in [0.05, 0.1) is 23.9 Å². The van der Waals surface area contributed by atoms with E-state index in [0.717, 1.165) is 25.7 Å². The van der Waals surface area contributed by atoms with Crippen LogP contribution in [0.5, 0.6) is 5.75 Å². The van der Waals surface area contributed by atoms with Gasteiger partial charge < -0.3 is 30.3 Å². The van der Waals surface area contributed by atoms with Gasteiger partial charge in [-0.25, -0.2) is 4.79 Å². The average molecular weight is 447 g/mol. The van der Waals surface area contributed by atoms with Gasteiger partial charge in [-0.05, 0) is 46.0 Å². The number of nitrogens with one attached hydrogen (secondary N) is 2. The van der Waals surface area contributed by atoms with Crippen LogP contribution < -0.4 is 15.4 Å². The highest BCUT2D eigenvalue weighted by Crippen LogP contribution is 2.35. The molecule has 3 rings (SSSR count). The van der Waals surface area contributed by atoms with Crippen molar-refractivity contribution in [3.05, 3.63) is 23.8 Å². The van der Waals surface area contributed by atoms with Gasteiger partial charge in [-0.1, -0.05) is 32.3 Å². The number of carbonyl (C=O) groups excluding carboxylic acids is 2. The number of rotatable bonds is 6. The van der Waals surface area contributed by atoms with E-state index in [2.05, 4.69) is 22.5 Å². The second kappa shape index (κ2) is 11.0. The van der Waals surface area contributed by atoms with Crippen molar-refractivity contribution >= 4 is 17.6 Å². The zero-order chi connectivity index (χ0) is 23.3. The third kappa shape index (κ3) is 5.92. The molecule has 1 aromatic carbocycles. The number of anilines is 1. The summed E-state index contributed by atoms with van der Waals surface area (Å²) in [6, 6.07) is 4.83. The van der Waals surface area contributed by atoms with Gasteiger partial charge in [0.25, 0.3) is 5.91 Å². The number of hydrogen-bond donors (Lipinski definition) is 3. The number of likely N-dealkylation sites (N-methyl/N-ethyl adjacent to an activating group) is 1. The Kier molecular flexibility index (Phi) is 8.37. The lowest BCUT2D eigenvalue weighted by atomic mass is 9.96. The van der Waals surface area contributed by atoms with Crippen molar-refractivity contribution in [2.24, 2.45) is 5.92 Å². The Labute approximate surface area is 191 Å². The van der Waals surface area contributed by atoms with Crippen LogP contribution in [0.1, 0.15) is 56.3 Å². The molecule has 8 heteroatoms. The molecule has 3 atom stereocenters. The first kappa shape index (κ1) is 24.3. The largest absolute Gasteiger partial charge is 0.486 e. The highest BCUT2D eigenvalue weighted by atomic mass is 16.5. The second-order valence-electron chi connectivity index (χ2n) is 9.50. The van der Waals surface area contributed by atoms with E-state index in [0.29, 0.717) is 30.1 Å². The van der Waals surface area contributed by atoms with Gasteiger partial charge in [0.2, 0.25) is 0 Å². The molecular formula is C24H38N4O4. The summed E-state index contributed by atoms with van der Waals surface area (Å²) in [7, 11) is 3.97. The number of carbonyl (C=O) groups is 2. The number of urea groups is 1. The summed E-state index contributed by atoms with van der Waals surface area (Å²) in [5, 5.41) is 15.7. The van der Waals surface area contributed by atoms with Crippen LogP contribution in [-0.4, -0.2) is 78.8 Å². The third-order valence-electron chi connectivity index (χ3n) is 6.42. The van der Waals surface area contributed by atoms with E-state index in [4.69, 9.17) is 4.74 Å². The van der Waals surface area contributed by atoms with Crippen LogP contribution in [0.3, 0.4) is 0 Å². The zero-order valence-electron chi connectivity index (χ0n) is 19.8. The van der Waals surface area contributed by atoms with Crippen molar-refractivity contribution in [1.82, 2.24) is 15.1 Å². The summed E-state index contributed by atoms with van der Waals surface area (Å²) in [4.78, 5) is 29.9. The first-order chi connectivity index (χ1) is 15.3. The van der Waals surface area contributed by atoms with E-state index in [-0.39, 0.29) is 42.7 Å². The van der Waals surface area contributed by atoms with Crippen molar-refractivity contribution in [3.8, 4) is 5.75 Å². The molecular weight excluding hydrogens is 408 g/mol. The average Bonchev–Trinajstić information content (AvgIpc) is 2.76. The smallest absolute Gasteiger partial charge is 0.319 e. The van der Waals surface area contributed by atoms with Gasteiger partial charge in [0, 0.05) is 25.0 Å². The molecule has 178 valence electrons. The highest BCUT2D eigenvalue weighted by Gasteiger charge is 2.34. The first-order valence-corrected chi connectivity index (χ1v) is 11.7. The predicted octanol–water partition coefficient (Wildman–Crippen LogP) is 2.92. The minimum Gasteiger partial charge on any atom is -0.486 e. The van der Waals surface area contributed by atoms with Crippen molar-refractivity contribution < 1.29 is 19.4 Å². The molecule has 2 aliphatic rings. The number of nitrogens with zero attached hydrogens (tertiary/aromatic N) is 2. The Balaban J connectivity index is 1.91. The van der Waals surface area contributed by atoms with Crippen LogP contribution in [0.4, 0.5) is 10.5 Å². The molecule has 1 saturated carbocycles. The Morgan fingerprint density at radius 2 is 2.00 bits per heavy atom. The van der Waals surface area contributed by atoms with Crippen LogP contribution in [0.25, 0.3) is 0 Å². The minimum absolute atomic E-state index is 0.0348. The van der Waals surface area contributed by atoms with Crippen LogP contribution in [0.2, 0.25) is 0 Å². The number of aliphatic hydroxyl groups is 1. The predicted molar refractivity (Wildman–Crippen MR) is 125 cm³/mol. The van der Waals surface area contributed by atoms with Gasteiger partial charge >= 0.3 is 6.03 Å². The standard InChI is InChI=1S/C24H38N4O4/c1-16-13-28(17(2)15-29)23(30)19-11-8-12-20(22(19)32-21(16)14-27(3)4)26-24(31)25-18-9-6-5-7-10-18/h8,11-12,16-18,21,29H,5-7,9-10,13-15H2,1-4H3,(H2,25,26,31)/t16-,17-,21-/m1/s1. The van der Waals surface area contributed by atoms with E-state index < -0.39 is 0 Å². The van der Waals surface area contributed by atoms with Crippen molar-refractivity contribution in [2.75, 3.05) is 39.1 Å². The molecule has 3 N–H and O–H groups in total. The molecule has 1 aliphatic heterocycles. The van der Waals surface area contributed by atoms with Crippen LogP contribution in [0.15, 0.2) is 18.2 Å². The van der Waals surface area contributed by atoms with Crippen molar-refractivity contribution in [2.45, 2.75) is 64.1 Å². The fourth-order valence-corrected chi connectivity index (χ4v) is 4.51. The van der Waals surface area contributed by atoms with E-state index in [1.54, 1.807) is 23.1 Å². The topological polar surface area (TPSA) is 94.1 Å². The molecule has 3 amide bonds. The number of fused-ring (bicyclic) bond motifs is 1. The fraction of sp³-hybridized carbons (Fsp3) is 0.667. The summed E-state index contributed by atoms with van der Waals surface area (Å²) in [5.41, 5.74) is 0.884. The van der Waals surface area contributed by atoms with Gasteiger partial charge in [0.15, 0.2) is 5.75 Å². The first-order valence-electron chi connectivity index (χ1n) is 11.7. The molecule has 0 saturated heterocycles. The van der Waals surface area contributed by atoms with E-state index >= 15 is 0 Å². The molecule has 32 heavy (non-hydrogen) atoms. The summed E-state index contributed by atoms with van der Waals surface area (Å²) in [6.45, 7) is 4.93. The molecule has 1 fully saturated rings. The number of para-hydroxylation sites is 1. The quantitative estimate of drug-likeness (QED) is 0.625. The van der Waals surface area contributed by atoms with E-state index in [9.17, 15) is 14.7 Å². The Morgan fingerprint density at radius 3 is 2.66 bits per heavy atom. The van der Waals surface area contributed by atoms with Crippen LogP contribution >= 0.6 is 0 Å². The lowest BCUT2D eigenvalue weighted by Crippen LogP contribution is -2.49. The van der Waals surface area contributed by atoms with Gasteiger partial charge in [-0.15, -0.1) is 0 Å². The maximum Gasteiger partial charge on any atom is 0.319 e. The van der Waals surface area contributed by atoms with E-state index in [1.807, 2.05) is 21.0 Å². The Bertz CT molecular complexity index is 794. The second-order valence-corrected chi connectivity index (χ2v) is 9.50. The normalized spacial score (nSPS) is 23.1. The van der Waals surface area contributed by atoms with Crippen molar-refractivity contribution in [3.63, 3.8) is 0 Å². The number of hydrogen-bond acceptors (Lipinski definition) is 5. The maximum absolute atomic E-state index is 13.4. The number of ether oxygens (including phenoxy) is 1. The zero-order valence-corrected chi connectivity index (χ0v) is 19.8. The maximum atomic E-state index is 13.4. The summed E-state index contributed by atoms with van der Waals surface area (Å²) < 4.78 is 6.42. The highest BCUT2D eigenvalue weighted by molar-refractivity contribution is 6.01. The SMILES string of the molecule is C[C@@H]1CN([C@H](C)CO)C(=O)c2cccc(NC(=O)NC3CCCCC3)c2O[C@@H]1CN(C)C. The lowest BCUT2D eigenvalue weighted by Gasteiger charge is -2.38. The summed E-state index contributed by atoms with van der Waals surface area (Å²) in [6.07, 6.45) is 5.28. The summed E-state index contributed by atoms with van der Waals surface area (Å²) in [5.74, 6) is 0.227. The van der Waals surface area contributed by atoms with Gasteiger partial charge in [-0.2, -0.15) is 0 Å². The number of benzene rings is 1. The van der Waals surface area contributed by atoms with Gasteiger partial charge in [0.1, 0.15) is 6.10 Å². The third-order valence-corrected chi connectivity index (χ3v) is 6.42. The van der Waals surface area contributed by atoms with E-state index in [1.165, 1.54) is 6.42 Å². The van der Waals surface area contributed by atoms with Crippen LogP contribution in [0, 0.1) is 5.92 Å². The molecule has 0 radical (unpaired) electrons. The number of amides is 3. The summed E-state index contributed by atoms with van der Waals surface area (Å²) >= 11 is 0. The van der Waals surface area contributed by atoms with Crippen molar-refractivity contribution in [1.29, 1.82) is 0 Å². The fourth-order valence-electron chi connectivity index (χ4n) is 4.51. The molecule has 1 aromatic rings. The van der Waals surface area contributed by atoms with Gasteiger partial charge in [-0.3, -0.25) is 4.79 Å². The number of aliphatic hydroxyl groups excluding tert-OH is 1. The molecule has 8 nitrogen and oxygen atoms in total. The van der Waals surface area contributed by atoms with Crippen LogP contribution in [-0.2, 0) is 0 Å². The molecule has 0 unspecified atom stereocenters. The molecule has 0 aromatic heterocycles. The Morgan fingerprint density at radius 1 is 1.28 bits per heavy atom. The molecule has 1 aliphatic carbocycles. The molecule has 0 bridgehead atoms. The Hall–Kier alpha value is -2.32. The lowest BCUT2D eigenvalue weighted by molar-refractivity contribution is 0.0365. The minimum atomic E-state index is -0.317.